The number of benzene rings is 2. The number of aliphatic hydroxyl groups excluding tert-OH is 1. The van der Waals surface area contributed by atoms with Crippen LogP contribution in [0.1, 0.15) is 37.0 Å². The highest BCUT2D eigenvalue weighted by atomic mass is 79.9. The molecule has 1 atom stereocenters. The average molecular weight is 369 g/mol. The molecule has 2 rings (SSSR count). The van der Waals surface area contributed by atoms with Crippen molar-refractivity contribution < 1.29 is 5.11 Å². The lowest BCUT2D eigenvalue weighted by molar-refractivity contribution is 0.191. The van der Waals surface area contributed by atoms with Crippen LogP contribution in [0.4, 0.5) is 5.69 Å². The summed E-state index contributed by atoms with van der Waals surface area (Å²) in [4.78, 5) is 0. The van der Waals surface area contributed by atoms with Gasteiger partial charge in [-0.05, 0) is 35.2 Å². The Morgan fingerprint density at radius 3 is 2.33 bits per heavy atom. The number of rotatable bonds is 5. The number of anilines is 1. The first-order chi connectivity index (χ1) is 9.97. The normalized spacial score (nSPS) is 12.5. The predicted molar refractivity (Wildman–Crippen MR) is 93.1 cm³/mol. The van der Waals surface area contributed by atoms with Crippen molar-refractivity contribution in [2.45, 2.75) is 25.9 Å². The van der Waals surface area contributed by atoms with Crippen LogP contribution in [-0.2, 0) is 0 Å². The molecule has 2 nitrogen and oxygen atoms in total. The van der Waals surface area contributed by atoms with E-state index in [-0.39, 0.29) is 0 Å². The van der Waals surface area contributed by atoms with E-state index in [0.717, 1.165) is 15.7 Å². The lowest BCUT2D eigenvalue weighted by Crippen LogP contribution is -2.12. The van der Waals surface area contributed by atoms with Gasteiger partial charge in [-0.15, -0.1) is 0 Å². The van der Waals surface area contributed by atoms with Gasteiger partial charge in [0.25, 0.3) is 0 Å². The van der Waals surface area contributed by atoms with Gasteiger partial charge in [0.15, 0.2) is 0 Å². The summed E-state index contributed by atoms with van der Waals surface area (Å²) in [5, 5.41) is 14.1. The number of halogens is 2. The van der Waals surface area contributed by atoms with E-state index in [0.29, 0.717) is 17.5 Å². The van der Waals surface area contributed by atoms with Crippen molar-refractivity contribution in [3.63, 3.8) is 0 Å². The quantitative estimate of drug-likeness (QED) is 0.743. The Balaban J connectivity index is 2.01. The highest BCUT2D eigenvalue weighted by molar-refractivity contribution is 9.10. The number of hydrogen-bond donors (Lipinski definition) is 2. The summed E-state index contributed by atoms with van der Waals surface area (Å²) in [5.74, 6) is 0.495. The Bertz CT molecular complexity index is 598. The van der Waals surface area contributed by atoms with E-state index in [9.17, 15) is 5.11 Å². The molecule has 1 unspecified atom stereocenters. The van der Waals surface area contributed by atoms with Crippen LogP contribution < -0.4 is 5.32 Å². The van der Waals surface area contributed by atoms with E-state index in [1.54, 1.807) is 0 Å². The fourth-order valence-electron chi connectivity index (χ4n) is 2.06. The minimum atomic E-state index is -0.568. The topological polar surface area (TPSA) is 32.3 Å². The smallest absolute Gasteiger partial charge is 0.0962 e. The van der Waals surface area contributed by atoms with Crippen LogP contribution in [0, 0.1) is 0 Å². The third kappa shape index (κ3) is 4.47. The van der Waals surface area contributed by atoms with E-state index < -0.39 is 6.10 Å². The van der Waals surface area contributed by atoms with Crippen molar-refractivity contribution in [2.75, 3.05) is 11.9 Å². The Morgan fingerprint density at radius 1 is 1.10 bits per heavy atom. The van der Waals surface area contributed by atoms with Gasteiger partial charge >= 0.3 is 0 Å². The summed E-state index contributed by atoms with van der Waals surface area (Å²) >= 11 is 9.52. The molecule has 21 heavy (non-hydrogen) atoms. The minimum absolute atomic E-state index is 0.414. The zero-order valence-corrected chi connectivity index (χ0v) is 14.4. The van der Waals surface area contributed by atoms with E-state index in [4.69, 9.17) is 11.6 Å². The van der Waals surface area contributed by atoms with Crippen LogP contribution in [-0.4, -0.2) is 11.7 Å². The van der Waals surface area contributed by atoms with Crippen molar-refractivity contribution in [3.8, 4) is 0 Å². The Kier molecular flexibility index (Phi) is 5.68. The summed E-state index contributed by atoms with van der Waals surface area (Å²) in [6.45, 7) is 4.72. The summed E-state index contributed by atoms with van der Waals surface area (Å²) in [6, 6.07) is 13.7. The van der Waals surface area contributed by atoms with Gasteiger partial charge < -0.3 is 10.4 Å². The molecule has 0 saturated heterocycles. The monoisotopic (exact) mass is 367 g/mol. The van der Waals surface area contributed by atoms with Crippen LogP contribution in [0.5, 0.6) is 0 Å². The van der Waals surface area contributed by atoms with Crippen LogP contribution in [0.25, 0.3) is 0 Å². The maximum Gasteiger partial charge on any atom is 0.0962 e. The van der Waals surface area contributed by atoms with Crippen molar-refractivity contribution in [3.05, 3.63) is 63.1 Å². The fourth-order valence-corrected chi connectivity index (χ4v) is 2.61. The van der Waals surface area contributed by atoms with Gasteiger partial charge in [0.1, 0.15) is 0 Å². The second-order valence-corrected chi connectivity index (χ2v) is 6.67. The maximum absolute atomic E-state index is 10.3. The van der Waals surface area contributed by atoms with Crippen LogP contribution in [0.3, 0.4) is 0 Å². The first kappa shape index (κ1) is 16.3. The highest BCUT2D eigenvalue weighted by Gasteiger charge is 2.09. The second-order valence-electron chi connectivity index (χ2n) is 5.34. The number of nitrogens with one attached hydrogen (secondary N) is 1. The minimum Gasteiger partial charge on any atom is -0.387 e. The largest absolute Gasteiger partial charge is 0.387 e. The highest BCUT2D eigenvalue weighted by Crippen LogP contribution is 2.26. The number of aliphatic hydroxyl groups is 1. The molecule has 112 valence electrons. The van der Waals surface area contributed by atoms with E-state index in [1.807, 2.05) is 30.3 Å². The van der Waals surface area contributed by atoms with Gasteiger partial charge in [-0.25, -0.2) is 0 Å². The van der Waals surface area contributed by atoms with Gasteiger partial charge in [0.05, 0.1) is 16.8 Å². The van der Waals surface area contributed by atoms with Crippen molar-refractivity contribution >= 4 is 33.2 Å². The molecule has 0 bridgehead atoms. The zero-order valence-electron chi connectivity index (χ0n) is 12.1. The second kappa shape index (κ2) is 7.30. The zero-order chi connectivity index (χ0) is 15.4. The van der Waals surface area contributed by atoms with E-state index in [2.05, 4.69) is 47.2 Å². The third-order valence-corrected chi connectivity index (χ3v) is 4.23. The lowest BCUT2D eigenvalue weighted by atomic mass is 10.00. The molecule has 0 aliphatic rings. The first-order valence-electron chi connectivity index (χ1n) is 6.94. The average Bonchev–Trinajstić information content (AvgIpc) is 2.48. The molecule has 0 fully saturated rings. The van der Waals surface area contributed by atoms with Crippen LogP contribution in [0.2, 0.25) is 5.02 Å². The molecule has 0 saturated carbocycles. The Labute approximate surface area is 139 Å². The molecule has 0 spiro atoms. The molecule has 0 heterocycles. The van der Waals surface area contributed by atoms with Gasteiger partial charge in [-0.3, -0.25) is 0 Å². The lowest BCUT2D eigenvalue weighted by Gasteiger charge is -2.15. The fraction of sp³-hybridized carbons (Fsp3) is 0.294. The molecular weight excluding hydrogens is 350 g/mol. The van der Waals surface area contributed by atoms with Crippen LogP contribution >= 0.6 is 27.5 Å². The molecule has 2 aromatic carbocycles. The predicted octanol–water partition coefficient (Wildman–Crippen LogP) is 5.37. The summed E-state index contributed by atoms with van der Waals surface area (Å²) in [6.07, 6.45) is -0.568. The molecular formula is C17H19BrClNO. The van der Waals surface area contributed by atoms with Gasteiger partial charge in [0.2, 0.25) is 0 Å². The summed E-state index contributed by atoms with van der Waals surface area (Å²) in [7, 11) is 0. The standard InChI is InChI=1S/C17H19BrClNO/c1-11(2)12-3-5-13(6-4-12)17(21)10-20-16-9-14(18)7-8-15(16)19/h3-9,11,17,20-21H,10H2,1-2H3. The summed E-state index contributed by atoms with van der Waals surface area (Å²) in [5.41, 5.74) is 2.98. The van der Waals surface area contributed by atoms with E-state index in [1.165, 1.54) is 5.56 Å². The first-order valence-corrected chi connectivity index (χ1v) is 8.11. The van der Waals surface area contributed by atoms with Gasteiger partial charge in [0, 0.05) is 11.0 Å². The molecule has 0 radical (unpaired) electrons. The molecule has 0 amide bonds. The molecule has 0 aliphatic heterocycles. The van der Waals surface area contributed by atoms with Crippen molar-refractivity contribution in [2.24, 2.45) is 0 Å². The molecule has 0 aromatic heterocycles. The molecule has 2 aromatic rings. The third-order valence-electron chi connectivity index (χ3n) is 3.40. The number of hydrogen-bond acceptors (Lipinski definition) is 2. The molecule has 0 aliphatic carbocycles. The SMILES string of the molecule is CC(C)c1ccc(C(O)CNc2cc(Br)ccc2Cl)cc1. The Morgan fingerprint density at radius 2 is 1.71 bits per heavy atom. The van der Waals surface area contributed by atoms with Gasteiger partial charge in [-0.2, -0.15) is 0 Å². The van der Waals surface area contributed by atoms with E-state index >= 15 is 0 Å². The molecule has 2 N–H and O–H groups in total. The van der Waals surface area contributed by atoms with Crippen LogP contribution in [0.15, 0.2) is 46.9 Å². The van der Waals surface area contributed by atoms with Crippen molar-refractivity contribution in [1.82, 2.24) is 0 Å². The Hall–Kier alpha value is -1.03. The molecule has 4 heteroatoms. The van der Waals surface area contributed by atoms with Crippen molar-refractivity contribution in [1.29, 1.82) is 0 Å². The van der Waals surface area contributed by atoms with Gasteiger partial charge in [-0.1, -0.05) is 65.6 Å². The maximum atomic E-state index is 10.3. The summed E-state index contributed by atoms with van der Waals surface area (Å²) < 4.78 is 0.949.